The van der Waals surface area contributed by atoms with E-state index >= 15 is 0 Å². The minimum atomic E-state index is -0.283. The van der Waals surface area contributed by atoms with Crippen LogP contribution in [0.1, 0.15) is 29.5 Å². The van der Waals surface area contributed by atoms with Crippen molar-refractivity contribution in [2.45, 2.75) is 26.3 Å². The number of benzene rings is 2. The van der Waals surface area contributed by atoms with Crippen LogP contribution in [0, 0.1) is 6.92 Å². The molecule has 2 amide bonds. The van der Waals surface area contributed by atoms with Crippen LogP contribution in [0.2, 0.25) is 0 Å². The van der Waals surface area contributed by atoms with Crippen molar-refractivity contribution >= 4 is 18.0 Å². The molecule has 2 rings (SSSR count). The highest BCUT2D eigenvalue weighted by Crippen LogP contribution is 2.03. The van der Waals surface area contributed by atoms with Gasteiger partial charge < -0.3 is 5.32 Å². The van der Waals surface area contributed by atoms with E-state index in [1.807, 2.05) is 61.5 Å². The molecule has 0 bridgehead atoms. The van der Waals surface area contributed by atoms with Crippen molar-refractivity contribution in [3.05, 3.63) is 71.3 Å². The Balaban J connectivity index is 1.67. The van der Waals surface area contributed by atoms with E-state index in [4.69, 9.17) is 0 Å². The lowest BCUT2D eigenvalue weighted by Gasteiger charge is -2.05. The summed E-state index contributed by atoms with van der Waals surface area (Å²) in [5, 5.41) is 6.70. The number of rotatable bonds is 7. The second-order valence-electron chi connectivity index (χ2n) is 5.41. The molecule has 0 aliphatic rings. The molecule has 0 aliphatic carbocycles. The zero-order chi connectivity index (χ0) is 17.2. The van der Waals surface area contributed by atoms with E-state index in [1.54, 1.807) is 6.21 Å². The van der Waals surface area contributed by atoms with Gasteiger partial charge in [0.25, 0.3) is 0 Å². The first kappa shape index (κ1) is 17.4. The van der Waals surface area contributed by atoms with Gasteiger partial charge in [0.1, 0.15) is 0 Å². The standard InChI is InChI=1S/C19H21N3O2/c1-15-7-5-6-10-17(15)14-21-22-19(24)12-11-18(23)20-13-16-8-3-2-4-9-16/h2-10,14H,11-13H2,1H3,(H,20,23)(H,22,24). The lowest BCUT2D eigenvalue weighted by molar-refractivity contribution is -0.126. The van der Waals surface area contributed by atoms with Gasteiger partial charge in [-0.05, 0) is 23.6 Å². The molecular formula is C19H21N3O2. The molecule has 5 heteroatoms. The van der Waals surface area contributed by atoms with E-state index in [2.05, 4.69) is 15.8 Å². The minimum absolute atomic E-state index is 0.103. The van der Waals surface area contributed by atoms with Gasteiger partial charge in [0.2, 0.25) is 11.8 Å². The summed E-state index contributed by atoms with van der Waals surface area (Å²) in [6, 6.07) is 17.4. The van der Waals surface area contributed by atoms with E-state index in [0.29, 0.717) is 6.54 Å². The van der Waals surface area contributed by atoms with Crippen LogP contribution in [-0.4, -0.2) is 18.0 Å². The van der Waals surface area contributed by atoms with Crippen LogP contribution < -0.4 is 10.7 Å². The van der Waals surface area contributed by atoms with Gasteiger partial charge in [-0.15, -0.1) is 0 Å². The average Bonchev–Trinajstić information content (AvgIpc) is 2.61. The third kappa shape index (κ3) is 6.04. The summed E-state index contributed by atoms with van der Waals surface area (Å²) < 4.78 is 0. The van der Waals surface area contributed by atoms with Gasteiger partial charge in [-0.2, -0.15) is 5.10 Å². The van der Waals surface area contributed by atoms with Crippen molar-refractivity contribution in [2.75, 3.05) is 0 Å². The highest BCUT2D eigenvalue weighted by Gasteiger charge is 2.06. The molecule has 0 fully saturated rings. The summed E-state index contributed by atoms with van der Waals surface area (Å²) in [6.07, 6.45) is 1.84. The van der Waals surface area contributed by atoms with Gasteiger partial charge in [-0.25, -0.2) is 5.43 Å². The Morgan fingerprint density at radius 2 is 1.62 bits per heavy atom. The first-order valence-electron chi connectivity index (χ1n) is 7.83. The number of hydrogen-bond acceptors (Lipinski definition) is 3. The maximum absolute atomic E-state index is 11.7. The van der Waals surface area contributed by atoms with Crippen LogP contribution in [0.5, 0.6) is 0 Å². The molecule has 2 aromatic carbocycles. The lowest BCUT2D eigenvalue weighted by Crippen LogP contribution is -2.25. The van der Waals surface area contributed by atoms with Gasteiger partial charge in [-0.1, -0.05) is 54.6 Å². The summed E-state index contributed by atoms with van der Waals surface area (Å²) in [5.74, 6) is -0.438. The SMILES string of the molecule is Cc1ccccc1C=NNC(=O)CCC(=O)NCc1ccccc1. The first-order chi connectivity index (χ1) is 11.6. The molecule has 0 aliphatic heterocycles. The summed E-state index contributed by atoms with van der Waals surface area (Å²) in [5.41, 5.74) is 5.49. The number of amides is 2. The Labute approximate surface area is 141 Å². The van der Waals surface area contributed by atoms with Gasteiger partial charge in [0.15, 0.2) is 0 Å². The van der Waals surface area contributed by atoms with E-state index in [-0.39, 0.29) is 24.7 Å². The predicted octanol–water partition coefficient (Wildman–Crippen LogP) is 2.54. The summed E-state index contributed by atoms with van der Waals surface area (Å²) in [6.45, 7) is 2.44. The van der Waals surface area contributed by atoms with Gasteiger partial charge in [0, 0.05) is 19.4 Å². The fourth-order valence-electron chi connectivity index (χ4n) is 2.07. The molecule has 0 heterocycles. The van der Waals surface area contributed by atoms with Crippen LogP contribution in [0.25, 0.3) is 0 Å². The van der Waals surface area contributed by atoms with Crippen LogP contribution in [-0.2, 0) is 16.1 Å². The number of carbonyl (C=O) groups excluding carboxylic acids is 2. The van der Waals surface area contributed by atoms with E-state index in [0.717, 1.165) is 16.7 Å². The summed E-state index contributed by atoms with van der Waals surface area (Å²) >= 11 is 0. The second-order valence-corrected chi connectivity index (χ2v) is 5.41. The second kappa shape index (κ2) is 9.25. The quantitative estimate of drug-likeness (QED) is 0.607. The van der Waals surface area contributed by atoms with E-state index < -0.39 is 0 Å². The maximum atomic E-state index is 11.7. The average molecular weight is 323 g/mol. The molecule has 0 aromatic heterocycles. The van der Waals surface area contributed by atoms with Crippen LogP contribution in [0.15, 0.2) is 59.7 Å². The first-order valence-corrected chi connectivity index (χ1v) is 7.83. The Bertz CT molecular complexity index is 712. The molecule has 24 heavy (non-hydrogen) atoms. The normalized spacial score (nSPS) is 10.5. The van der Waals surface area contributed by atoms with Crippen molar-refractivity contribution in [1.82, 2.24) is 10.7 Å². The fraction of sp³-hybridized carbons (Fsp3) is 0.211. The smallest absolute Gasteiger partial charge is 0.240 e. The van der Waals surface area contributed by atoms with E-state index in [9.17, 15) is 9.59 Å². The Morgan fingerprint density at radius 1 is 0.958 bits per heavy atom. The monoisotopic (exact) mass is 323 g/mol. The lowest BCUT2D eigenvalue weighted by atomic mass is 10.1. The van der Waals surface area contributed by atoms with Crippen molar-refractivity contribution in [3.8, 4) is 0 Å². The Morgan fingerprint density at radius 3 is 2.38 bits per heavy atom. The molecule has 2 N–H and O–H groups in total. The Hall–Kier alpha value is -2.95. The molecular weight excluding hydrogens is 302 g/mol. The molecule has 0 spiro atoms. The molecule has 0 unspecified atom stereocenters. The highest BCUT2D eigenvalue weighted by atomic mass is 16.2. The number of hydrogen-bond donors (Lipinski definition) is 2. The predicted molar refractivity (Wildman–Crippen MR) is 94.4 cm³/mol. The van der Waals surface area contributed by atoms with Crippen molar-refractivity contribution in [3.63, 3.8) is 0 Å². The molecule has 0 radical (unpaired) electrons. The number of nitrogens with zero attached hydrogens (tertiary/aromatic N) is 1. The van der Waals surface area contributed by atoms with Gasteiger partial charge in [-0.3, -0.25) is 9.59 Å². The number of nitrogens with one attached hydrogen (secondary N) is 2. The van der Waals surface area contributed by atoms with Crippen LogP contribution in [0.4, 0.5) is 0 Å². The zero-order valence-corrected chi connectivity index (χ0v) is 13.7. The summed E-state index contributed by atoms with van der Waals surface area (Å²) in [7, 11) is 0. The van der Waals surface area contributed by atoms with Gasteiger partial charge >= 0.3 is 0 Å². The Kier molecular flexibility index (Phi) is 6.71. The number of carbonyl (C=O) groups is 2. The topological polar surface area (TPSA) is 70.6 Å². The number of hydrazone groups is 1. The molecule has 124 valence electrons. The molecule has 2 aromatic rings. The molecule has 0 saturated carbocycles. The largest absolute Gasteiger partial charge is 0.352 e. The fourth-order valence-corrected chi connectivity index (χ4v) is 2.07. The van der Waals surface area contributed by atoms with Crippen molar-refractivity contribution in [2.24, 2.45) is 5.10 Å². The van der Waals surface area contributed by atoms with Gasteiger partial charge in [0.05, 0.1) is 6.21 Å². The summed E-state index contributed by atoms with van der Waals surface area (Å²) in [4.78, 5) is 23.4. The van der Waals surface area contributed by atoms with Crippen LogP contribution in [0.3, 0.4) is 0 Å². The third-order valence-corrected chi connectivity index (χ3v) is 3.49. The molecule has 0 atom stereocenters. The zero-order valence-electron chi connectivity index (χ0n) is 13.7. The van der Waals surface area contributed by atoms with Crippen LogP contribution >= 0.6 is 0 Å². The maximum Gasteiger partial charge on any atom is 0.240 e. The van der Waals surface area contributed by atoms with Crippen molar-refractivity contribution < 1.29 is 9.59 Å². The third-order valence-electron chi connectivity index (χ3n) is 3.49. The van der Waals surface area contributed by atoms with E-state index in [1.165, 1.54) is 0 Å². The minimum Gasteiger partial charge on any atom is -0.352 e. The molecule has 5 nitrogen and oxygen atoms in total. The van der Waals surface area contributed by atoms with Crippen molar-refractivity contribution in [1.29, 1.82) is 0 Å². The molecule has 0 saturated heterocycles. The number of aryl methyl sites for hydroxylation is 1. The highest BCUT2D eigenvalue weighted by molar-refractivity contribution is 5.86.